The molecule has 1 amide bonds. The Hall–Kier alpha value is -3.00. The topological polar surface area (TPSA) is 102 Å². The van der Waals surface area contributed by atoms with Crippen LogP contribution >= 0.6 is 0 Å². The second kappa shape index (κ2) is 7.09. The number of aromatic nitrogens is 2. The summed E-state index contributed by atoms with van der Waals surface area (Å²) >= 11 is 0. The summed E-state index contributed by atoms with van der Waals surface area (Å²) < 4.78 is 28.4. The molecule has 0 atom stereocenters. The smallest absolute Gasteiger partial charge is 0.322 e. The van der Waals surface area contributed by atoms with Gasteiger partial charge in [-0.25, -0.2) is 8.42 Å². The standard InChI is InChI=1S/C18H17N3O4S/c1-12-4-3-5-14(10-12)17(22)19-18-21-20-16(25-18)11-13-6-8-15(9-7-13)26(2,23)24/h3-10H,11H2,1-2H3,(H,19,21,22). The number of nitrogens with one attached hydrogen (secondary N) is 1. The second-order valence-corrected chi connectivity index (χ2v) is 7.93. The van der Waals surface area contributed by atoms with Crippen LogP contribution in [-0.2, 0) is 16.3 Å². The largest absolute Gasteiger partial charge is 0.407 e. The van der Waals surface area contributed by atoms with E-state index >= 15 is 0 Å². The number of benzene rings is 2. The molecule has 0 saturated carbocycles. The third-order valence-corrected chi connectivity index (χ3v) is 4.80. The summed E-state index contributed by atoms with van der Waals surface area (Å²) in [5.41, 5.74) is 2.29. The van der Waals surface area contributed by atoms with Crippen molar-refractivity contribution in [1.29, 1.82) is 0 Å². The zero-order valence-corrected chi connectivity index (χ0v) is 15.1. The Morgan fingerprint density at radius 2 is 1.85 bits per heavy atom. The Morgan fingerprint density at radius 3 is 2.50 bits per heavy atom. The first-order chi connectivity index (χ1) is 12.3. The van der Waals surface area contributed by atoms with Crippen LogP contribution < -0.4 is 5.32 Å². The molecule has 7 nitrogen and oxygen atoms in total. The van der Waals surface area contributed by atoms with Crippen LogP contribution in [0.15, 0.2) is 57.8 Å². The number of hydrogen-bond donors (Lipinski definition) is 1. The van der Waals surface area contributed by atoms with Gasteiger partial charge in [0.05, 0.1) is 11.3 Å². The molecule has 0 radical (unpaired) electrons. The number of anilines is 1. The van der Waals surface area contributed by atoms with Crippen molar-refractivity contribution in [3.8, 4) is 0 Å². The van der Waals surface area contributed by atoms with E-state index in [1.165, 1.54) is 12.1 Å². The van der Waals surface area contributed by atoms with Gasteiger partial charge in [0.2, 0.25) is 5.89 Å². The zero-order chi connectivity index (χ0) is 18.7. The molecule has 3 aromatic rings. The molecule has 2 aromatic carbocycles. The van der Waals surface area contributed by atoms with Crippen molar-refractivity contribution in [3.05, 3.63) is 71.1 Å². The molecule has 0 fully saturated rings. The minimum atomic E-state index is -3.23. The Labute approximate surface area is 151 Å². The first-order valence-electron chi connectivity index (χ1n) is 7.81. The summed E-state index contributed by atoms with van der Waals surface area (Å²) in [7, 11) is -3.23. The summed E-state index contributed by atoms with van der Waals surface area (Å²) in [6.07, 6.45) is 1.49. The fraction of sp³-hybridized carbons (Fsp3) is 0.167. The maximum absolute atomic E-state index is 12.2. The lowest BCUT2D eigenvalue weighted by Gasteiger charge is -2.02. The quantitative estimate of drug-likeness (QED) is 0.740. The molecule has 1 heterocycles. The maximum Gasteiger partial charge on any atom is 0.322 e. The second-order valence-electron chi connectivity index (χ2n) is 5.92. The zero-order valence-electron chi connectivity index (χ0n) is 14.3. The van der Waals surface area contributed by atoms with Crippen LogP contribution in [0.1, 0.15) is 27.4 Å². The van der Waals surface area contributed by atoms with Crippen LogP contribution in [0.4, 0.5) is 6.01 Å². The van der Waals surface area contributed by atoms with Crippen molar-refractivity contribution in [2.24, 2.45) is 0 Å². The fourth-order valence-corrected chi connectivity index (χ4v) is 2.99. The Balaban J connectivity index is 1.67. The third kappa shape index (κ3) is 4.34. The monoisotopic (exact) mass is 371 g/mol. The van der Waals surface area contributed by atoms with E-state index in [-0.39, 0.29) is 16.8 Å². The predicted molar refractivity (Wildman–Crippen MR) is 95.8 cm³/mol. The van der Waals surface area contributed by atoms with E-state index in [4.69, 9.17) is 4.42 Å². The van der Waals surface area contributed by atoms with Gasteiger partial charge in [-0.05, 0) is 36.8 Å². The van der Waals surface area contributed by atoms with Crippen LogP contribution in [0.25, 0.3) is 0 Å². The van der Waals surface area contributed by atoms with E-state index in [1.807, 2.05) is 13.0 Å². The van der Waals surface area contributed by atoms with E-state index in [0.29, 0.717) is 17.9 Å². The van der Waals surface area contributed by atoms with Crippen molar-refractivity contribution < 1.29 is 17.6 Å². The number of sulfone groups is 1. The normalized spacial score (nSPS) is 11.3. The van der Waals surface area contributed by atoms with E-state index in [2.05, 4.69) is 15.5 Å². The van der Waals surface area contributed by atoms with E-state index in [9.17, 15) is 13.2 Å². The van der Waals surface area contributed by atoms with Gasteiger partial charge in [-0.15, -0.1) is 5.10 Å². The lowest BCUT2D eigenvalue weighted by molar-refractivity contribution is 0.102. The van der Waals surface area contributed by atoms with Gasteiger partial charge in [0, 0.05) is 11.8 Å². The lowest BCUT2D eigenvalue weighted by Crippen LogP contribution is -2.12. The van der Waals surface area contributed by atoms with Gasteiger partial charge in [0.15, 0.2) is 9.84 Å². The van der Waals surface area contributed by atoms with Crippen molar-refractivity contribution in [1.82, 2.24) is 10.2 Å². The SMILES string of the molecule is Cc1cccc(C(=O)Nc2nnc(Cc3ccc(S(C)(=O)=O)cc3)o2)c1. The van der Waals surface area contributed by atoms with Crippen LogP contribution in [0, 0.1) is 6.92 Å². The number of nitrogens with zero attached hydrogens (tertiary/aromatic N) is 2. The number of carbonyl (C=O) groups excluding carboxylic acids is 1. The Morgan fingerprint density at radius 1 is 1.12 bits per heavy atom. The Bertz CT molecular complexity index is 1040. The molecule has 1 aromatic heterocycles. The molecule has 0 aliphatic heterocycles. The van der Waals surface area contributed by atoms with Gasteiger partial charge < -0.3 is 4.42 Å². The molecule has 1 N–H and O–H groups in total. The average Bonchev–Trinajstić information content (AvgIpc) is 3.01. The van der Waals surface area contributed by atoms with E-state index in [0.717, 1.165) is 17.4 Å². The highest BCUT2D eigenvalue weighted by Crippen LogP contribution is 2.15. The summed E-state index contributed by atoms with van der Waals surface area (Å²) in [4.78, 5) is 12.4. The highest BCUT2D eigenvalue weighted by molar-refractivity contribution is 7.90. The molecule has 0 unspecified atom stereocenters. The molecule has 26 heavy (non-hydrogen) atoms. The van der Waals surface area contributed by atoms with E-state index in [1.54, 1.807) is 30.3 Å². The predicted octanol–water partition coefficient (Wildman–Crippen LogP) is 2.62. The fourth-order valence-electron chi connectivity index (χ4n) is 2.36. The number of aryl methyl sites for hydroxylation is 1. The van der Waals surface area contributed by atoms with Gasteiger partial charge in [-0.2, -0.15) is 0 Å². The average molecular weight is 371 g/mol. The van der Waals surface area contributed by atoms with Crippen molar-refractivity contribution in [3.63, 3.8) is 0 Å². The van der Waals surface area contributed by atoms with Gasteiger partial charge in [-0.1, -0.05) is 34.9 Å². The summed E-state index contributed by atoms with van der Waals surface area (Å²) in [5, 5.41) is 10.3. The van der Waals surface area contributed by atoms with Crippen LogP contribution in [-0.4, -0.2) is 30.8 Å². The number of rotatable bonds is 5. The summed E-state index contributed by atoms with van der Waals surface area (Å²) in [5.74, 6) is -0.0157. The van der Waals surface area contributed by atoms with Gasteiger partial charge in [0.1, 0.15) is 0 Å². The summed E-state index contributed by atoms with van der Waals surface area (Å²) in [6.45, 7) is 1.90. The highest BCUT2D eigenvalue weighted by atomic mass is 32.2. The van der Waals surface area contributed by atoms with Crippen molar-refractivity contribution in [2.45, 2.75) is 18.2 Å². The van der Waals surface area contributed by atoms with Crippen LogP contribution in [0.3, 0.4) is 0 Å². The molecule has 0 bridgehead atoms. The summed E-state index contributed by atoms with van der Waals surface area (Å²) in [6, 6.07) is 13.6. The third-order valence-electron chi connectivity index (χ3n) is 3.67. The first-order valence-corrected chi connectivity index (χ1v) is 9.70. The molecule has 0 spiro atoms. The van der Waals surface area contributed by atoms with Gasteiger partial charge in [0.25, 0.3) is 5.91 Å². The minimum absolute atomic E-state index is 0.0132. The van der Waals surface area contributed by atoms with Gasteiger partial charge >= 0.3 is 6.01 Å². The number of hydrogen-bond acceptors (Lipinski definition) is 6. The highest BCUT2D eigenvalue weighted by Gasteiger charge is 2.13. The first kappa shape index (κ1) is 17.8. The van der Waals surface area contributed by atoms with Gasteiger partial charge in [-0.3, -0.25) is 10.1 Å². The molecule has 0 aliphatic carbocycles. The van der Waals surface area contributed by atoms with Crippen molar-refractivity contribution >= 4 is 21.8 Å². The molecule has 8 heteroatoms. The number of amides is 1. The molecule has 0 aliphatic rings. The minimum Gasteiger partial charge on any atom is -0.407 e. The molecule has 0 saturated heterocycles. The van der Waals surface area contributed by atoms with Crippen molar-refractivity contribution in [2.75, 3.05) is 11.6 Å². The van der Waals surface area contributed by atoms with Crippen LogP contribution in [0.5, 0.6) is 0 Å². The number of carbonyl (C=O) groups is 1. The maximum atomic E-state index is 12.2. The molecule has 3 rings (SSSR count). The Kier molecular flexibility index (Phi) is 4.85. The lowest BCUT2D eigenvalue weighted by atomic mass is 10.1. The van der Waals surface area contributed by atoms with Crippen LogP contribution in [0.2, 0.25) is 0 Å². The van der Waals surface area contributed by atoms with E-state index < -0.39 is 9.84 Å². The molecular weight excluding hydrogens is 354 g/mol. The molecule has 134 valence electrons. The molecular formula is C18H17N3O4S.